The highest BCUT2D eigenvalue weighted by atomic mass is 32.2. The van der Waals surface area contributed by atoms with Crippen molar-refractivity contribution in [2.24, 2.45) is 0 Å². The molecule has 2 rings (SSSR count). The van der Waals surface area contributed by atoms with Crippen LogP contribution in [0.3, 0.4) is 0 Å². The highest BCUT2D eigenvalue weighted by Crippen LogP contribution is 2.25. The average molecular weight is 382 g/mol. The van der Waals surface area contributed by atoms with E-state index in [2.05, 4.69) is 5.32 Å². The largest absolute Gasteiger partial charge is 0.324 e. The van der Waals surface area contributed by atoms with Gasteiger partial charge in [0.1, 0.15) is 18.2 Å². The molecule has 0 saturated carbocycles. The van der Waals surface area contributed by atoms with Crippen LogP contribution in [0.25, 0.3) is 0 Å². The third-order valence-electron chi connectivity index (χ3n) is 3.72. The second kappa shape index (κ2) is 7.82. The van der Waals surface area contributed by atoms with Crippen molar-refractivity contribution in [1.82, 2.24) is 0 Å². The van der Waals surface area contributed by atoms with Crippen molar-refractivity contribution in [3.63, 3.8) is 0 Å². The molecular weight excluding hydrogens is 362 g/mol. The standard InChI is InChI=1S/C18H20F2N2O3S/c1-12(2)14-6-4-5-7-16(14)21-18(23)11-22(26(3,24)25)17-9-8-13(19)10-15(17)20/h4-10,12H,11H2,1-3H3,(H,21,23). The summed E-state index contributed by atoms with van der Waals surface area (Å²) in [5, 5.41) is 2.65. The van der Waals surface area contributed by atoms with Crippen LogP contribution >= 0.6 is 0 Å². The minimum Gasteiger partial charge on any atom is -0.324 e. The van der Waals surface area contributed by atoms with Crippen molar-refractivity contribution in [1.29, 1.82) is 0 Å². The van der Waals surface area contributed by atoms with Crippen LogP contribution < -0.4 is 9.62 Å². The topological polar surface area (TPSA) is 66.5 Å². The number of carbonyl (C=O) groups excluding carboxylic acids is 1. The summed E-state index contributed by atoms with van der Waals surface area (Å²) in [5.41, 5.74) is 1.06. The molecule has 0 aliphatic carbocycles. The Morgan fingerprint density at radius 1 is 1.15 bits per heavy atom. The molecule has 0 fully saturated rings. The second-order valence-electron chi connectivity index (χ2n) is 6.16. The van der Waals surface area contributed by atoms with Gasteiger partial charge in [-0.25, -0.2) is 17.2 Å². The molecule has 0 bridgehead atoms. The molecule has 1 N–H and O–H groups in total. The van der Waals surface area contributed by atoms with Gasteiger partial charge in [0.15, 0.2) is 0 Å². The van der Waals surface area contributed by atoms with Crippen LogP contribution in [0.15, 0.2) is 42.5 Å². The molecule has 0 aromatic heterocycles. The Balaban J connectivity index is 2.29. The first-order valence-corrected chi connectivity index (χ1v) is 9.76. The minimum absolute atomic E-state index is 0.145. The molecule has 0 unspecified atom stereocenters. The molecule has 0 atom stereocenters. The summed E-state index contributed by atoms with van der Waals surface area (Å²) in [7, 11) is -3.96. The number of amides is 1. The Labute approximate surface area is 151 Å². The van der Waals surface area contributed by atoms with Crippen molar-refractivity contribution in [3.8, 4) is 0 Å². The molecule has 0 aliphatic rings. The lowest BCUT2D eigenvalue weighted by Crippen LogP contribution is -2.38. The van der Waals surface area contributed by atoms with E-state index in [4.69, 9.17) is 0 Å². The number of hydrogen-bond acceptors (Lipinski definition) is 3. The summed E-state index contributed by atoms with van der Waals surface area (Å²) in [6.07, 6.45) is 0.852. The molecule has 2 aromatic carbocycles. The van der Waals surface area contributed by atoms with E-state index in [9.17, 15) is 22.0 Å². The van der Waals surface area contributed by atoms with E-state index >= 15 is 0 Å². The van der Waals surface area contributed by atoms with Gasteiger partial charge in [0.2, 0.25) is 15.9 Å². The fourth-order valence-corrected chi connectivity index (χ4v) is 3.36. The summed E-state index contributed by atoms with van der Waals surface area (Å²) in [5.74, 6) is -2.39. The predicted molar refractivity (Wildman–Crippen MR) is 97.7 cm³/mol. The summed E-state index contributed by atoms with van der Waals surface area (Å²) in [6.45, 7) is 3.29. The molecule has 140 valence electrons. The smallest absolute Gasteiger partial charge is 0.245 e. The number of halogens is 2. The summed E-state index contributed by atoms with van der Waals surface area (Å²) >= 11 is 0. The molecule has 2 aromatic rings. The third kappa shape index (κ3) is 4.78. The first kappa shape index (κ1) is 19.8. The zero-order chi connectivity index (χ0) is 19.5. The van der Waals surface area contributed by atoms with Crippen molar-refractivity contribution in [2.45, 2.75) is 19.8 Å². The zero-order valence-electron chi connectivity index (χ0n) is 14.7. The van der Waals surface area contributed by atoms with Crippen molar-refractivity contribution >= 4 is 27.3 Å². The van der Waals surface area contributed by atoms with E-state index < -0.39 is 34.1 Å². The van der Waals surface area contributed by atoms with E-state index in [0.717, 1.165) is 24.0 Å². The molecule has 0 radical (unpaired) electrons. The van der Waals surface area contributed by atoms with E-state index in [1.807, 2.05) is 26.0 Å². The monoisotopic (exact) mass is 382 g/mol. The van der Waals surface area contributed by atoms with Crippen LogP contribution in [0.2, 0.25) is 0 Å². The number of benzene rings is 2. The van der Waals surface area contributed by atoms with Crippen LogP contribution in [-0.4, -0.2) is 27.1 Å². The molecule has 8 heteroatoms. The van der Waals surface area contributed by atoms with Gasteiger partial charge >= 0.3 is 0 Å². The molecular formula is C18H20F2N2O3S. The van der Waals surface area contributed by atoms with E-state index in [0.29, 0.717) is 16.1 Å². The molecule has 0 spiro atoms. The van der Waals surface area contributed by atoms with Gasteiger partial charge in [-0.1, -0.05) is 32.0 Å². The molecule has 0 aliphatic heterocycles. The van der Waals surface area contributed by atoms with Gasteiger partial charge in [-0.2, -0.15) is 0 Å². The van der Waals surface area contributed by atoms with E-state index in [-0.39, 0.29) is 11.6 Å². The number of nitrogens with one attached hydrogen (secondary N) is 1. The first-order valence-electron chi connectivity index (χ1n) is 7.91. The Morgan fingerprint density at radius 2 is 1.81 bits per heavy atom. The van der Waals surface area contributed by atoms with Crippen LogP contribution in [0.1, 0.15) is 25.3 Å². The number of rotatable bonds is 6. The summed E-state index contributed by atoms with van der Waals surface area (Å²) in [6, 6.07) is 9.63. The van der Waals surface area contributed by atoms with Crippen LogP contribution in [0.4, 0.5) is 20.2 Å². The normalized spacial score (nSPS) is 11.5. The molecule has 5 nitrogen and oxygen atoms in total. The summed E-state index contributed by atoms with van der Waals surface area (Å²) < 4.78 is 51.7. The maximum Gasteiger partial charge on any atom is 0.245 e. The average Bonchev–Trinajstić information content (AvgIpc) is 2.52. The number of carbonyl (C=O) groups is 1. The van der Waals surface area contributed by atoms with E-state index in [1.54, 1.807) is 12.1 Å². The Morgan fingerprint density at radius 3 is 2.38 bits per heavy atom. The lowest BCUT2D eigenvalue weighted by molar-refractivity contribution is -0.114. The Kier molecular flexibility index (Phi) is 5.97. The number of anilines is 2. The SMILES string of the molecule is CC(C)c1ccccc1NC(=O)CN(c1ccc(F)cc1F)S(C)(=O)=O. The zero-order valence-corrected chi connectivity index (χ0v) is 15.5. The van der Waals surface area contributed by atoms with Gasteiger partial charge in [0, 0.05) is 11.8 Å². The highest BCUT2D eigenvalue weighted by molar-refractivity contribution is 7.92. The molecule has 0 saturated heterocycles. The maximum atomic E-state index is 14.0. The number of para-hydroxylation sites is 1. The van der Waals surface area contributed by atoms with E-state index in [1.165, 1.54) is 0 Å². The van der Waals surface area contributed by atoms with Crippen molar-refractivity contribution in [3.05, 3.63) is 59.7 Å². The van der Waals surface area contributed by atoms with Gasteiger partial charge in [-0.05, 0) is 29.7 Å². The highest BCUT2D eigenvalue weighted by Gasteiger charge is 2.24. The molecule has 1 amide bonds. The van der Waals surface area contributed by atoms with Crippen molar-refractivity contribution in [2.75, 3.05) is 22.4 Å². The van der Waals surface area contributed by atoms with Gasteiger partial charge in [0.05, 0.1) is 11.9 Å². The van der Waals surface area contributed by atoms with Crippen LogP contribution in [0.5, 0.6) is 0 Å². The van der Waals surface area contributed by atoms with Gasteiger partial charge in [-0.3, -0.25) is 9.10 Å². The lowest BCUT2D eigenvalue weighted by Gasteiger charge is -2.23. The fraction of sp³-hybridized carbons (Fsp3) is 0.278. The van der Waals surface area contributed by atoms with Crippen molar-refractivity contribution < 1.29 is 22.0 Å². The first-order chi connectivity index (χ1) is 12.1. The lowest BCUT2D eigenvalue weighted by atomic mass is 10.0. The fourth-order valence-electron chi connectivity index (χ4n) is 2.50. The minimum atomic E-state index is -3.96. The van der Waals surface area contributed by atoms with Gasteiger partial charge in [0.25, 0.3) is 0 Å². The van der Waals surface area contributed by atoms with Crippen LogP contribution in [0, 0.1) is 11.6 Å². The van der Waals surface area contributed by atoms with Crippen LogP contribution in [-0.2, 0) is 14.8 Å². The Hall–Kier alpha value is -2.48. The molecule has 0 heterocycles. The molecule has 26 heavy (non-hydrogen) atoms. The second-order valence-corrected chi connectivity index (χ2v) is 8.06. The quantitative estimate of drug-likeness (QED) is 0.832. The third-order valence-corrected chi connectivity index (χ3v) is 4.85. The maximum absolute atomic E-state index is 14.0. The number of sulfonamides is 1. The Bertz CT molecular complexity index is 914. The number of hydrogen-bond donors (Lipinski definition) is 1. The predicted octanol–water partition coefficient (Wildman–Crippen LogP) is 3.49. The van der Waals surface area contributed by atoms with Gasteiger partial charge < -0.3 is 5.32 Å². The summed E-state index contributed by atoms with van der Waals surface area (Å²) in [4.78, 5) is 12.4. The van der Waals surface area contributed by atoms with Gasteiger partial charge in [-0.15, -0.1) is 0 Å². The number of nitrogens with zero attached hydrogens (tertiary/aromatic N) is 1.